The number of likely N-dealkylation sites (tertiary alicyclic amines) is 1. The van der Waals surface area contributed by atoms with Gasteiger partial charge in [0, 0.05) is 6.04 Å². The van der Waals surface area contributed by atoms with Gasteiger partial charge in [0.1, 0.15) is 5.82 Å². The molecule has 1 saturated heterocycles. The highest BCUT2D eigenvalue weighted by Crippen LogP contribution is 2.17. The van der Waals surface area contributed by atoms with Gasteiger partial charge in [-0.2, -0.15) is 0 Å². The quantitative estimate of drug-likeness (QED) is 0.795. The van der Waals surface area contributed by atoms with Crippen LogP contribution in [0, 0.1) is 5.82 Å². The predicted molar refractivity (Wildman–Crippen MR) is 77.9 cm³/mol. The van der Waals surface area contributed by atoms with Crippen molar-refractivity contribution in [2.75, 3.05) is 26.7 Å². The van der Waals surface area contributed by atoms with Crippen LogP contribution in [-0.4, -0.2) is 37.6 Å². The van der Waals surface area contributed by atoms with E-state index < -0.39 is 0 Å². The molecule has 2 rings (SSSR count). The Morgan fingerprint density at radius 1 is 1.32 bits per heavy atom. The topological polar surface area (TPSA) is 15.3 Å². The standard InChI is InChI=1S/C16H25FN2/c1-19-12-3-2-7-16(19)9-11-18-10-8-14-5-4-6-15(17)13-14/h4-6,13,16,18H,2-3,7-12H2,1H3. The van der Waals surface area contributed by atoms with Gasteiger partial charge in [0.25, 0.3) is 0 Å². The summed E-state index contributed by atoms with van der Waals surface area (Å²) in [4.78, 5) is 2.48. The lowest BCUT2D eigenvalue weighted by Gasteiger charge is -2.32. The second-order valence-electron chi connectivity index (χ2n) is 5.55. The summed E-state index contributed by atoms with van der Waals surface area (Å²) in [5, 5.41) is 3.47. The number of benzene rings is 1. The van der Waals surface area contributed by atoms with Crippen LogP contribution in [0.4, 0.5) is 4.39 Å². The van der Waals surface area contributed by atoms with Crippen LogP contribution in [0.3, 0.4) is 0 Å². The molecule has 2 nitrogen and oxygen atoms in total. The lowest BCUT2D eigenvalue weighted by molar-refractivity contribution is 0.175. The van der Waals surface area contributed by atoms with E-state index in [2.05, 4.69) is 17.3 Å². The smallest absolute Gasteiger partial charge is 0.123 e. The minimum Gasteiger partial charge on any atom is -0.316 e. The number of rotatable bonds is 6. The maximum absolute atomic E-state index is 13.0. The van der Waals surface area contributed by atoms with Crippen LogP contribution in [0.15, 0.2) is 24.3 Å². The van der Waals surface area contributed by atoms with Gasteiger partial charge in [0.2, 0.25) is 0 Å². The van der Waals surface area contributed by atoms with E-state index in [9.17, 15) is 4.39 Å². The van der Waals surface area contributed by atoms with Gasteiger partial charge in [0.15, 0.2) is 0 Å². The van der Waals surface area contributed by atoms with Crippen molar-refractivity contribution in [2.24, 2.45) is 0 Å². The molecule has 0 radical (unpaired) electrons. The molecule has 1 aromatic rings. The lowest BCUT2D eigenvalue weighted by atomic mass is 10.0. The van der Waals surface area contributed by atoms with E-state index in [4.69, 9.17) is 0 Å². The van der Waals surface area contributed by atoms with Crippen LogP contribution in [-0.2, 0) is 6.42 Å². The summed E-state index contributed by atoms with van der Waals surface area (Å²) in [5.74, 6) is -0.138. The molecule has 1 heterocycles. The molecule has 1 aliphatic rings. The van der Waals surface area contributed by atoms with Gasteiger partial charge in [-0.25, -0.2) is 4.39 Å². The molecule has 0 bridgehead atoms. The number of nitrogens with one attached hydrogen (secondary N) is 1. The third-order valence-electron chi connectivity index (χ3n) is 4.06. The van der Waals surface area contributed by atoms with Crippen LogP contribution < -0.4 is 5.32 Å². The fourth-order valence-corrected chi connectivity index (χ4v) is 2.83. The summed E-state index contributed by atoms with van der Waals surface area (Å²) in [6, 6.07) is 7.63. The van der Waals surface area contributed by atoms with Crippen LogP contribution in [0.25, 0.3) is 0 Å². The summed E-state index contributed by atoms with van der Waals surface area (Å²) in [5.41, 5.74) is 1.07. The first-order valence-corrected chi connectivity index (χ1v) is 7.41. The maximum Gasteiger partial charge on any atom is 0.123 e. The molecular weight excluding hydrogens is 239 g/mol. The van der Waals surface area contributed by atoms with Crippen molar-refractivity contribution >= 4 is 0 Å². The highest BCUT2D eigenvalue weighted by molar-refractivity contribution is 5.16. The zero-order chi connectivity index (χ0) is 13.5. The number of piperidine rings is 1. The average Bonchev–Trinajstić information content (AvgIpc) is 2.40. The van der Waals surface area contributed by atoms with Crippen molar-refractivity contribution in [3.63, 3.8) is 0 Å². The molecule has 1 unspecified atom stereocenters. The zero-order valence-electron chi connectivity index (χ0n) is 11.9. The van der Waals surface area contributed by atoms with Crippen molar-refractivity contribution in [3.8, 4) is 0 Å². The Hall–Kier alpha value is -0.930. The largest absolute Gasteiger partial charge is 0.316 e. The molecule has 19 heavy (non-hydrogen) atoms. The Kier molecular flexibility index (Phi) is 5.80. The molecule has 106 valence electrons. The molecule has 1 aliphatic heterocycles. The Labute approximate surface area is 116 Å². The van der Waals surface area contributed by atoms with Gasteiger partial charge >= 0.3 is 0 Å². The zero-order valence-corrected chi connectivity index (χ0v) is 11.9. The Morgan fingerprint density at radius 3 is 3.00 bits per heavy atom. The molecule has 1 aromatic carbocycles. The molecule has 0 amide bonds. The third kappa shape index (κ3) is 4.92. The van der Waals surface area contributed by atoms with Gasteiger partial charge in [-0.3, -0.25) is 0 Å². The highest BCUT2D eigenvalue weighted by atomic mass is 19.1. The molecule has 3 heteroatoms. The van der Waals surface area contributed by atoms with E-state index in [1.165, 1.54) is 38.3 Å². The fourth-order valence-electron chi connectivity index (χ4n) is 2.83. The summed E-state index contributed by atoms with van der Waals surface area (Å²) >= 11 is 0. The van der Waals surface area contributed by atoms with Gasteiger partial charge in [-0.15, -0.1) is 0 Å². The van der Waals surface area contributed by atoms with Crippen molar-refractivity contribution in [1.82, 2.24) is 10.2 Å². The van der Waals surface area contributed by atoms with Crippen molar-refractivity contribution < 1.29 is 4.39 Å². The van der Waals surface area contributed by atoms with E-state index in [1.807, 2.05) is 6.07 Å². The molecule has 1 atom stereocenters. The second-order valence-corrected chi connectivity index (χ2v) is 5.55. The van der Waals surface area contributed by atoms with Crippen molar-refractivity contribution in [1.29, 1.82) is 0 Å². The minimum atomic E-state index is -0.138. The van der Waals surface area contributed by atoms with Crippen molar-refractivity contribution in [2.45, 2.75) is 38.1 Å². The normalized spacial score (nSPS) is 20.6. The first-order valence-electron chi connectivity index (χ1n) is 7.41. The molecule has 0 saturated carbocycles. The number of hydrogen-bond donors (Lipinski definition) is 1. The van der Waals surface area contributed by atoms with E-state index in [-0.39, 0.29) is 5.82 Å². The Balaban J connectivity index is 1.59. The van der Waals surface area contributed by atoms with Crippen LogP contribution in [0.1, 0.15) is 31.2 Å². The second kappa shape index (κ2) is 7.61. The van der Waals surface area contributed by atoms with E-state index in [0.717, 1.165) is 31.1 Å². The number of hydrogen-bond acceptors (Lipinski definition) is 2. The average molecular weight is 264 g/mol. The number of nitrogens with zero attached hydrogens (tertiary/aromatic N) is 1. The van der Waals surface area contributed by atoms with Crippen LogP contribution in [0.5, 0.6) is 0 Å². The van der Waals surface area contributed by atoms with Crippen molar-refractivity contribution in [3.05, 3.63) is 35.6 Å². The molecule has 0 aromatic heterocycles. The van der Waals surface area contributed by atoms with Gasteiger partial charge in [-0.1, -0.05) is 18.6 Å². The van der Waals surface area contributed by atoms with Gasteiger partial charge in [0.05, 0.1) is 0 Å². The van der Waals surface area contributed by atoms with E-state index >= 15 is 0 Å². The monoisotopic (exact) mass is 264 g/mol. The lowest BCUT2D eigenvalue weighted by Crippen LogP contribution is -2.38. The number of halogens is 1. The molecule has 1 fully saturated rings. The SMILES string of the molecule is CN1CCCCC1CCNCCc1cccc(F)c1. The maximum atomic E-state index is 13.0. The fraction of sp³-hybridized carbons (Fsp3) is 0.625. The molecule has 0 aliphatic carbocycles. The summed E-state index contributed by atoms with van der Waals surface area (Å²) in [7, 11) is 2.23. The molecule has 1 N–H and O–H groups in total. The first kappa shape index (κ1) is 14.5. The first-order chi connectivity index (χ1) is 9.25. The summed E-state index contributed by atoms with van der Waals surface area (Å²) in [6.07, 6.45) is 6.18. The summed E-state index contributed by atoms with van der Waals surface area (Å²) in [6.45, 7) is 3.23. The Morgan fingerprint density at radius 2 is 2.21 bits per heavy atom. The highest BCUT2D eigenvalue weighted by Gasteiger charge is 2.17. The van der Waals surface area contributed by atoms with Gasteiger partial charge < -0.3 is 10.2 Å². The minimum absolute atomic E-state index is 0.138. The third-order valence-corrected chi connectivity index (χ3v) is 4.06. The predicted octanol–water partition coefficient (Wildman–Crippen LogP) is 2.83. The molecule has 0 spiro atoms. The Bertz CT molecular complexity index is 381. The summed E-state index contributed by atoms with van der Waals surface area (Å²) < 4.78 is 13.0. The van der Waals surface area contributed by atoms with E-state index in [0.29, 0.717) is 0 Å². The van der Waals surface area contributed by atoms with Crippen LogP contribution >= 0.6 is 0 Å². The van der Waals surface area contributed by atoms with Crippen LogP contribution in [0.2, 0.25) is 0 Å². The van der Waals surface area contributed by atoms with E-state index in [1.54, 1.807) is 12.1 Å². The van der Waals surface area contributed by atoms with Gasteiger partial charge in [-0.05, 0) is 70.1 Å². The molecular formula is C16H25FN2.